The summed E-state index contributed by atoms with van der Waals surface area (Å²) in [5, 5.41) is 0. The molecular weight excluding hydrogens is 410 g/mol. The number of nitrogens with zero attached hydrogens (tertiary/aromatic N) is 3. The maximum absolute atomic E-state index is 13.1. The average Bonchev–Trinajstić information content (AvgIpc) is 3.40. The summed E-state index contributed by atoms with van der Waals surface area (Å²) >= 11 is 0. The summed E-state index contributed by atoms with van der Waals surface area (Å²) in [5.41, 5.74) is 3.93. The Bertz CT molecular complexity index is 1050. The summed E-state index contributed by atoms with van der Waals surface area (Å²) in [6.45, 7) is 7.08. The quantitative estimate of drug-likeness (QED) is 0.616. The van der Waals surface area contributed by atoms with Crippen molar-refractivity contribution in [2.45, 2.75) is 45.3 Å². The first kappa shape index (κ1) is 22.2. The molecule has 0 saturated carbocycles. The van der Waals surface area contributed by atoms with E-state index in [-0.39, 0.29) is 23.3 Å². The first-order valence-electron chi connectivity index (χ1n) is 11.1. The van der Waals surface area contributed by atoms with Gasteiger partial charge in [0.2, 0.25) is 0 Å². The van der Waals surface area contributed by atoms with Crippen LogP contribution in [-0.2, 0) is 16.4 Å². The molecule has 2 atom stereocenters. The molecule has 3 heterocycles. The van der Waals surface area contributed by atoms with E-state index < -0.39 is 9.84 Å². The molecular formula is C24H33N3O3S. The van der Waals surface area contributed by atoms with E-state index in [0.717, 1.165) is 43.0 Å². The number of likely N-dealkylation sites (N-methyl/N-ethyl adjacent to an activating group) is 1. The van der Waals surface area contributed by atoms with Crippen molar-refractivity contribution in [1.82, 2.24) is 14.4 Å². The van der Waals surface area contributed by atoms with Crippen molar-refractivity contribution in [1.29, 1.82) is 0 Å². The predicted molar refractivity (Wildman–Crippen MR) is 123 cm³/mol. The number of rotatable bonds is 7. The topological polar surface area (TPSA) is 62.6 Å². The molecule has 0 spiro atoms. The summed E-state index contributed by atoms with van der Waals surface area (Å²) in [5.74, 6) is 0.550. The highest BCUT2D eigenvalue weighted by Gasteiger charge is 2.32. The number of Topliss-reactive ketones (excluding diaryl/α,β-unsaturated/α-hetero) is 1. The number of hydrogen-bond donors (Lipinski definition) is 0. The molecule has 0 amide bonds. The van der Waals surface area contributed by atoms with E-state index in [1.165, 1.54) is 5.56 Å². The van der Waals surface area contributed by atoms with Crippen molar-refractivity contribution in [3.8, 4) is 0 Å². The molecule has 2 aromatic rings. The van der Waals surface area contributed by atoms with Crippen LogP contribution in [0, 0.1) is 13.8 Å². The minimum atomic E-state index is -2.96. The fraction of sp³-hybridized carbons (Fsp3) is 0.542. The molecule has 0 unspecified atom stereocenters. The molecule has 2 fully saturated rings. The van der Waals surface area contributed by atoms with Crippen LogP contribution in [0.1, 0.15) is 46.2 Å². The van der Waals surface area contributed by atoms with Crippen molar-refractivity contribution < 1.29 is 13.2 Å². The zero-order chi connectivity index (χ0) is 22.2. The zero-order valence-electron chi connectivity index (χ0n) is 18.8. The lowest BCUT2D eigenvalue weighted by atomic mass is 10.1. The number of aryl methyl sites for hydroxylation is 1. The molecule has 6 nitrogen and oxygen atoms in total. The molecule has 2 aliphatic heterocycles. The molecule has 1 aromatic carbocycles. The highest BCUT2D eigenvalue weighted by molar-refractivity contribution is 7.91. The number of benzene rings is 1. The van der Waals surface area contributed by atoms with Crippen LogP contribution in [0.3, 0.4) is 0 Å². The van der Waals surface area contributed by atoms with Gasteiger partial charge in [-0.3, -0.25) is 14.6 Å². The van der Waals surface area contributed by atoms with Gasteiger partial charge >= 0.3 is 0 Å². The molecule has 0 radical (unpaired) electrons. The van der Waals surface area contributed by atoms with E-state index in [1.807, 2.05) is 26.0 Å². The summed E-state index contributed by atoms with van der Waals surface area (Å²) in [7, 11) is -0.803. The highest BCUT2D eigenvalue weighted by Crippen LogP contribution is 2.29. The molecule has 7 heteroatoms. The third-order valence-electron chi connectivity index (χ3n) is 6.87. The van der Waals surface area contributed by atoms with Crippen LogP contribution in [0.15, 0.2) is 36.4 Å². The largest absolute Gasteiger partial charge is 0.344 e. The van der Waals surface area contributed by atoms with Crippen molar-refractivity contribution in [3.05, 3.63) is 58.9 Å². The molecule has 4 rings (SSSR count). The molecule has 0 aliphatic carbocycles. The van der Waals surface area contributed by atoms with Crippen molar-refractivity contribution in [3.63, 3.8) is 0 Å². The Morgan fingerprint density at radius 3 is 2.58 bits per heavy atom. The first-order valence-corrected chi connectivity index (χ1v) is 12.9. The third kappa shape index (κ3) is 4.94. The van der Waals surface area contributed by atoms with Gasteiger partial charge in [-0.05, 0) is 45.4 Å². The van der Waals surface area contributed by atoms with Gasteiger partial charge in [0.25, 0.3) is 0 Å². The lowest BCUT2D eigenvalue weighted by molar-refractivity contribution is 0.0939. The van der Waals surface area contributed by atoms with Gasteiger partial charge in [0.15, 0.2) is 15.6 Å². The summed E-state index contributed by atoms with van der Waals surface area (Å²) in [4.78, 5) is 17.7. The van der Waals surface area contributed by atoms with Crippen molar-refractivity contribution in [2.75, 3.05) is 38.2 Å². The maximum Gasteiger partial charge on any atom is 0.178 e. The van der Waals surface area contributed by atoms with Gasteiger partial charge in [0.05, 0.1) is 18.1 Å². The van der Waals surface area contributed by atoms with Gasteiger partial charge in [0, 0.05) is 48.7 Å². The molecule has 0 bridgehead atoms. The van der Waals surface area contributed by atoms with E-state index in [9.17, 15) is 13.2 Å². The molecule has 0 N–H and O–H groups in total. The summed E-state index contributed by atoms with van der Waals surface area (Å²) < 4.78 is 25.9. The van der Waals surface area contributed by atoms with Gasteiger partial charge in [-0.2, -0.15) is 0 Å². The lowest BCUT2D eigenvalue weighted by Crippen LogP contribution is -2.35. The smallest absolute Gasteiger partial charge is 0.178 e. The average molecular weight is 444 g/mol. The first-order chi connectivity index (χ1) is 14.7. The monoisotopic (exact) mass is 443 g/mol. The molecule has 168 valence electrons. The Hall–Kier alpha value is -1.96. The Kier molecular flexibility index (Phi) is 6.37. The number of sulfone groups is 1. The Balaban J connectivity index is 1.37. The van der Waals surface area contributed by atoms with Crippen molar-refractivity contribution >= 4 is 15.6 Å². The lowest BCUT2D eigenvalue weighted by Gasteiger charge is -2.24. The SMILES string of the molecule is Cc1cc(C(=O)CN2CC[C@@H](N(C)Cc3ccccc3)C2)c(C)n1[C@@H]1CCS(=O)(=O)C1. The Morgan fingerprint density at radius 1 is 1.16 bits per heavy atom. The zero-order valence-corrected chi connectivity index (χ0v) is 19.6. The molecule has 1 aromatic heterocycles. The Labute approximate surface area is 185 Å². The number of carbonyl (C=O) groups is 1. The second-order valence-corrected chi connectivity index (χ2v) is 11.4. The van der Waals surface area contributed by atoms with E-state index in [4.69, 9.17) is 0 Å². The normalized spacial score (nSPS) is 23.6. The molecule has 2 saturated heterocycles. The highest BCUT2D eigenvalue weighted by atomic mass is 32.2. The molecule has 31 heavy (non-hydrogen) atoms. The van der Waals surface area contributed by atoms with Crippen molar-refractivity contribution in [2.24, 2.45) is 0 Å². The van der Waals surface area contributed by atoms with E-state index in [1.54, 1.807) is 0 Å². The minimum absolute atomic E-state index is 0.0469. The van der Waals surface area contributed by atoms with Crippen LogP contribution in [0.25, 0.3) is 0 Å². The second kappa shape index (κ2) is 8.88. The second-order valence-electron chi connectivity index (χ2n) is 9.21. The van der Waals surface area contributed by atoms with Crippen LogP contribution in [0.4, 0.5) is 0 Å². The van der Waals surface area contributed by atoms with Gasteiger partial charge in [-0.1, -0.05) is 30.3 Å². The number of likely N-dealkylation sites (tertiary alicyclic amines) is 1. The fourth-order valence-corrected chi connectivity index (χ4v) is 6.90. The predicted octanol–water partition coefficient (Wildman–Crippen LogP) is 2.85. The van der Waals surface area contributed by atoms with E-state index >= 15 is 0 Å². The van der Waals surface area contributed by atoms with Crippen LogP contribution in [-0.4, -0.2) is 72.8 Å². The number of hydrogen-bond acceptors (Lipinski definition) is 5. The van der Waals surface area contributed by atoms with Gasteiger partial charge in [-0.15, -0.1) is 0 Å². The fourth-order valence-electron chi connectivity index (χ4n) is 5.20. The minimum Gasteiger partial charge on any atom is -0.344 e. The van der Waals surface area contributed by atoms with Crippen LogP contribution in [0.2, 0.25) is 0 Å². The maximum atomic E-state index is 13.1. The summed E-state index contributed by atoms with van der Waals surface area (Å²) in [6, 6.07) is 12.8. The Morgan fingerprint density at radius 2 is 1.90 bits per heavy atom. The van der Waals surface area contributed by atoms with Crippen LogP contribution in [0.5, 0.6) is 0 Å². The van der Waals surface area contributed by atoms with E-state index in [0.29, 0.717) is 19.0 Å². The van der Waals surface area contributed by atoms with Gasteiger partial charge in [-0.25, -0.2) is 8.42 Å². The van der Waals surface area contributed by atoms with Crippen LogP contribution < -0.4 is 0 Å². The standard InChI is InChI=1S/C24H33N3O3S/c1-18-13-23(19(2)27(18)22-10-12-31(29,30)17-22)24(28)16-26-11-9-21(15-26)25(3)14-20-7-5-4-6-8-20/h4-8,13,21-22H,9-12,14-17H2,1-3H3/t21-,22-/m1/s1. The number of ketones is 1. The van der Waals surface area contributed by atoms with Crippen LogP contribution >= 0.6 is 0 Å². The molecule has 2 aliphatic rings. The summed E-state index contributed by atoms with van der Waals surface area (Å²) in [6.07, 6.45) is 1.70. The van der Waals surface area contributed by atoms with Gasteiger partial charge in [0.1, 0.15) is 0 Å². The van der Waals surface area contributed by atoms with Gasteiger partial charge < -0.3 is 4.57 Å². The number of aromatic nitrogens is 1. The third-order valence-corrected chi connectivity index (χ3v) is 8.62. The van der Waals surface area contributed by atoms with E-state index in [2.05, 4.69) is 45.7 Å². The number of carbonyl (C=O) groups excluding carboxylic acids is 1.